The third kappa shape index (κ3) is 3.41. The number of sulfonamides is 1. The first-order chi connectivity index (χ1) is 12.9. The summed E-state index contributed by atoms with van der Waals surface area (Å²) >= 11 is 0. The van der Waals surface area contributed by atoms with Gasteiger partial charge in [-0.3, -0.25) is 9.29 Å². The van der Waals surface area contributed by atoms with Crippen molar-refractivity contribution < 1.29 is 22.6 Å². The van der Waals surface area contributed by atoms with E-state index in [2.05, 4.69) is 9.71 Å². The minimum absolute atomic E-state index is 0.142. The summed E-state index contributed by atoms with van der Waals surface area (Å²) in [4.78, 5) is 4.44. The Balaban J connectivity index is 1.78. The number of anilines is 1. The zero-order valence-electron chi connectivity index (χ0n) is 14.7. The summed E-state index contributed by atoms with van der Waals surface area (Å²) in [5, 5.41) is 0. The lowest BCUT2D eigenvalue weighted by atomic mass is 10.1. The van der Waals surface area contributed by atoms with E-state index in [0.717, 1.165) is 17.5 Å². The fourth-order valence-corrected chi connectivity index (χ4v) is 3.47. The summed E-state index contributed by atoms with van der Waals surface area (Å²) in [6.07, 6.45) is 4.58. The van der Waals surface area contributed by atoms with Gasteiger partial charge in [0.25, 0.3) is 0 Å². The third-order valence-corrected chi connectivity index (χ3v) is 4.59. The summed E-state index contributed by atoms with van der Waals surface area (Å²) in [6.45, 7) is 0.142. The van der Waals surface area contributed by atoms with Gasteiger partial charge in [0.05, 0.1) is 19.1 Å². The highest BCUT2D eigenvalue weighted by atomic mass is 32.2. The van der Waals surface area contributed by atoms with Gasteiger partial charge in [-0.2, -0.15) is 0 Å². The van der Waals surface area contributed by atoms with E-state index in [1.807, 2.05) is 22.8 Å². The van der Waals surface area contributed by atoms with Crippen LogP contribution in [0.5, 0.6) is 17.2 Å². The molecule has 0 bridgehead atoms. The first kappa shape index (κ1) is 17.2. The predicted molar refractivity (Wildman–Crippen MR) is 100 cm³/mol. The van der Waals surface area contributed by atoms with Gasteiger partial charge in [0, 0.05) is 23.6 Å². The Kier molecular flexibility index (Phi) is 4.15. The number of hydrogen-bond donors (Lipinski definition) is 1. The Hall–Kier alpha value is -3.20. The maximum Gasteiger partial charge on any atom is 0.231 e. The monoisotopic (exact) mass is 387 g/mol. The number of methoxy groups -OCH3 is 1. The maximum absolute atomic E-state index is 11.5. The number of rotatable bonds is 5. The van der Waals surface area contributed by atoms with Crippen LogP contribution in [0.2, 0.25) is 0 Å². The van der Waals surface area contributed by atoms with Gasteiger partial charge in [-0.1, -0.05) is 6.07 Å². The van der Waals surface area contributed by atoms with Crippen LogP contribution in [0.4, 0.5) is 5.69 Å². The van der Waals surface area contributed by atoms with Crippen LogP contribution in [-0.2, 0) is 10.0 Å². The van der Waals surface area contributed by atoms with E-state index < -0.39 is 10.0 Å². The van der Waals surface area contributed by atoms with Crippen LogP contribution in [0, 0.1) is 0 Å². The number of benzene rings is 2. The molecule has 1 N–H and O–H groups in total. The molecule has 0 saturated heterocycles. The molecule has 2 heterocycles. The summed E-state index contributed by atoms with van der Waals surface area (Å²) < 4.78 is 43.6. The molecule has 0 fully saturated rings. The smallest absolute Gasteiger partial charge is 0.231 e. The Labute approximate surface area is 156 Å². The van der Waals surface area contributed by atoms with E-state index in [9.17, 15) is 8.42 Å². The lowest BCUT2D eigenvalue weighted by molar-refractivity contribution is 0.171. The van der Waals surface area contributed by atoms with Crippen molar-refractivity contribution in [3.63, 3.8) is 0 Å². The zero-order chi connectivity index (χ0) is 19.0. The predicted octanol–water partition coefficient (Wildman–Crippen LogP) is 2.65. The molecule has 0 atom stereocenters. The van der Waals surface area contributed by atoms with Crippen LogP contribution in [0.1, 0.15) is 0 Å². The summed E-state index contributed by atoms with van der Waals surface area (Å²) in [6, 6.07) is 10.7. The summed E-state index contributed by atoms with van der Waals surface area (Å²) in [7, 11) is -1.80. The third-order valence-electron chi connectivity index (χ3n) is 3.98. The number of aromatic nitrogens is 2. The number of imidazole rings is 1. The minimum Gasteiger partial charge on any atom is -0.493 e. The van der Waals surface area contributed by atoms with Gasteiger partial charge in [0.1, 0.15) is 5.82 Å². The Morgan fingerprint density at radius 1 is 1.22 bits per heavy atom. The Morgan fingerprint density at radius 3 is 2.85 bits per heavy atom. The quantitative estimate of drug-likeness (QED) is 0.724. The van der Waals surface area contributed by atoms with Crippen LogP contribution in [0.25, 0.3) is 17.1 Å². The van der Waals surface area contributed by atoms with Crippen molar-refractivity contribution >= 4 is 15.7 Å². The van der Waals surface area contributed by atoms with Crippen molar-refractivity contribution in [1.82, 2.24) is 9.55 Å². The standard InChI is InChI=1S/C18H17N3O5S/c1-24-15-8-12(9-16-17(15)26-11-25-16)18-19-6-7-21(18)14-5-3-4-13(10-14)20-27(2,22)23/h3-10,20H,11H2,1-2H3. The van der Waals surface area contributed by atoms with Crippen molar-refractivity contribution in [3.05, 3.63) is 48.8 Å². The normalized spacial score (nSPS) is 12.8. The van der Waals surface area contributed by atoms with E-state index in [1.165, 1.54) is 0 Å². The minimum atomic E-state index is -3.36. The number of nitrogens with zero attached hydrogens (tertiary/aromatic N) is 2. The van der Waals surface area contributed by atoms with E-state index >= 15 is 0 Å². The molecule has 1 aliphatic rings. The lowest BCUT2D eigenvalue weighted by Gasteiger charge is -2.12. The molecule has 1 aromatic heterocycles. The van der Waals surface area contributed by atoms with Gasteiger partial charge in [-0.15, -0.1) is 0 Å². The van der Waals surface area contributed by atoms with Gasteiger partial charge in [0.2, 0.25) is 22.6 Å². The molecular formula is C18H17N3O5S. The van der Waals surface area contributed by atoms with E-state index in [-0.39, 0.29) is 6.79 Å². The molecule has 8 nitrogen and oxygen atoms in total. The molecule has 27 heavy (non-hydrogen) atoms. The average Bonchev–Trinajstić information content (AvgIpc) is 3.28. The molecule has 140 valence electrons. The topological polar surface area (TPSA) is 91.7 Å². The second-order valence-electron chi connectivity index (χ2n) is 5.96. The second kappa shape index (κ2) is 6.51. The highest BCUT2D eigenvalue weighted by molar-refractivity contribution is 7.92. The molecule has 0 radical (unpaired) electrons. The number of nitrogens with one attached hydrogen (secondary N) is 1. The first-order valence-electron chi connectivity index (χ1n) is 8.04. The van der Waals surface area contributed by atoms with Crippen LogP contribution in [-0.4, -0.2) is 38.1 Å². The lowest BCUT2D eigenvalue weighted by Crippen LogP contribution is -2.09. The SMILES string of the molecule is COc1cc(-c2nccn2-c2cccc(NS(C)(=O)=O)c2)cc2c1OCO2. The first-order valence-corrected chi connectivity index (χ1v) is 9.93. The fourth-order valence-electron chi connectivity index (χ4n) is 2.92. The molecule has 1 aliphatic heterocycles. The highest BCUT2D eigenvalue weighted by Crippen LogP contribution is 2.44. The molecule has 9 heteroatoms. The maximum atomic E-state index is 11.5. The highest BCUT2D eigenvalue weighted by Gasteiger charge is 2.22. The average molecular weight is 387 g/mol. The van der Waals surface area contributed by atoms with Crippen LogP contribution in [0.15, 0.2) is 48.8 Å². The molecule has 0 amide bonds. The van der Waals surface area contributed by atoms with Crippen LogP contribution < -0.4 is 18.9 Å². The fraction of sp³-hybridized carbons (Fsp3) is 0.167. The van der Waals surface area contributed by atoms with Crippen LogP contribution in [0.3, 0.4) is 0 Å². The number of hydrogen-bond acceptors (Lipinski definition) is 6. The molecule has 0 saturated carbocycles. The van der Waals surface area contributed by atoms with Crippen molar-refractivity contribution in [3.8, 4) is 34.3 Å². The number of ether oxygens (including phenoxy) is 3. The summed E-state index contributed by atoms with van der Waals surface area (Å²) in [5.41, 5.74) is 2.01. The molecule has 4 rings (SSSR count). The molecule has 0 aliphatic carbocycles. The van der Waals surface area contributed by atoms with Gasteiger partial charge >= 0.3 is 0 Å². The van der Waals surface area contributed by atoms with Gasteiger partial charge in [-0.05, 0) is 30.3 Å². The second-order valence-corrected chi connectivity index (χ2v) is 7.71. The van der Waals surface area contributed by atoms with E-state index in [1.54, 1.807) is 37.7 Å². The van der Waals surface area contributed by atoms with Crippen molar-refractivity contribution in [2.75, 3.05) is 24.9 Å². The molecule has 0 spiro atoms. The van der Waals surface area contributed by atoms with Crippen molar-refractivity contribution in [2.45, 2.75) is 0 Å². The molecule has 3 aromatic rings. The Bertz CT molecular complexity index is 1110. The van der Waals surface area contributed by atoms with E-state index in [4.69, 9.17) is 14.2 Å². The molecule has 2 aromatic carbocycles. The van der Waals surface area contributed by atoms with Gasteiger partial charge < -0.3 is 14.2 Å². The largest absolute Gasteiger partial charge is 0.493 e. The van der Waals surface area contributed by atoms with Crippen molar-refractivity contribution in [2.24, 2.45) is 0 Å². The van der Waals surface area contributed by atoms with E-state index in [0.29, 0.717) is 28.8 Å². The summed E-state index contributed by atoms with van der Waals surface area (Å²) in [5.74, 6) is 2.37. The van der Waals surface area contributed by atoms with Gasteiger partial charge in [0.15, 0.2) is 11.5 Å². The zero-order valence-corrected chi connectivity index (χ0v) is 15.5. The Morgan fingerprint density at radius 2 is 2.07 bits per heavy atom. The number of fused-ring (bicyclic) bond motifs is 1. The van der Waals surface area contributed by atoms with Crippen molar-refractivity contribution in [1.29, 1.82) is 0 Å². The molecular weight excluding hydrogens is 370 g/mol. The molecule has 0 unspecified atom stereocenters. The van der Waals surface area contributed by atoms with Gasteiger partial charge in [-0.25, -0.2) is 13.4 Å². The van der Waals surface area contributed by atoms with Crippen LogP contribution >= 0.6 is 0 Å².